The van der Waals surface area contributed by atoms with Gasteiger partial charge in [-0.3, -0.25) is 4.79 Å². The summed E-state index contributed by atoms with van der Waals surface area (Å²) in [6.45, 7) is 12.1. The van der Waals surface area contributed by atoms with Crippen LogP contribution in [0.1, 0.15) is 52.5 Å². The van der Waals surface area contributed by atoms with E-state index in [2.05, 4.69) is 39.5 Å². The summed E-state index contributed by atoms with van der Waals surface area (Å²) >= 11 is 1.56. The second-order valence-corrected chi connectivity index (χ2v) is 8.67. The van der Waals surface area contributed by atoms with E-state index in [-0.39, 0.29) is 11.2 Å². The first-order valence-corrected chi connectivity index (χ1v) is 11.3. The Morgan fingerprint density at radius 3 is 2.39 bits per heavy atom. The average molecular weight is 440 g/mol. The molecule has 2 aliphatic rings. The molecule has 0 radical (unpaired) electrons. The van der Waals surface area contributed by atoms with E-state index in [0.717, 1.165) is 39.6 Å². The molecule has 0 fully saturated rings. The smallest absolute Gasteiger partial charge is 0.229 e. The molecule has 1 heterocycles. The van der Waals surface area contributed by atoms with Crippen molar-refractivity contribution >= 4 is 23.5 Å². The van der Waals surface area contributed by atoms with Crippen molar-refractivity contribution in [3.05, 3.63) is 61.6 Å². The molecule has 31 heavy (non-hydrogen) atoms. The number of nitrogens with zero attached hydrogens (tertiary/aromatic N) is 1. The number of allylic oxidation sites excluding steroid dienone is 5. The fourth-order valence-electron chi connectivity index (χ4n) is 3.44. The van der Waals surface area contributed by atoms with Crippen molar-refractivity contribution in [3.63, 3.8) is 0 Å². The summed E-state index contributed by atoms with van der Waals surface area (Å²) in [6, 6.07) is 0. The predicted octanol–water partition coefficient (Wildman–Crippen LogP) is 5.02. The Morgan fingerprint density at radius 1 is 1.10 bits per heavy atom. The zero-order valence-corrected chi connectivity index (χ0v) is 20.3. The van der Waals surface area contributed by atoms with Crippen LogP contribution >= 0.6 is 11.3 Å². The maximum Gasteiger partial charge on any atom is 0.229 e. The van der Waals surface area contributed by atoms with Gasteiger partial charge in [0, 0.05) is 10.1 Å². The molecule has 0 atom stereocenters. The Bertz CT molecular complexity index is 1130. The van der Waals surface area contributed by atoms with Gasteiger partial charge < -0.3 is 9.47 Å². The van der Waals surface area contributed by atoms with E-state index in [9.17, 15) is 4.79 Å². The maximum atomic E-state index is 13.2. The van der Waals surface area contributed by atoms with Gasteiger partial charge in [-0.2, -0.15) is 0 Å². The van der Waals surface area contributed by atoms with Gasteiger partial charge >= 0.3 is 0 Å². The lowest BCUT2D eigenvalue weighted by Gasteiger charge is -2.16. The summed E-state index contributed by atoms with van der Waals surface area (Å²) in [6.07, 6.45) is 13.5. The third-order valence-corrected chi connectivity index (χ3v) is 6.32. The SMILES string of the molecule is C=C/C=c1/nc2c(OC)c(OC)c(=O)c(CC/C=C(\C)CCC=C(C)C)c-2s/c1=C/C. The van der Waals surface area contributed by atoms with Crippen LogP contribution in [-0.2, 0) is 6.42 Å². The highest BCUT2D eigenvalue weighted by Crippen LogP contribution is 2.38. The lowest BCUT2D eigenvalue weighted by molar-refractivity contribution is 0.352. The summed E-state index contributed by atoms with van der Waals surface area (Å²) < 4.78 is 12.0. The number of benzene rings is 1. The van der Waals surface area contributed by atoms with E-state index in [4.69, 9.17) is 14.5 Å². The van der Waals surface area contributed by atoms with Crippen molar-refractivity contribution in [3.8, 4) is 22.1 Å². The number of methoxy groups -OCH3 is 2. The lowest BCUT2D eigenvalue weighted by atomic mass is 10.0. The molecule has 0 saturated carbocycles. The molecule has 0 saturated heterocycles. The van der Waals surface area contributed by atoms with Crippen LogP contribution in [0.3, 0.4) is 0 Å². The topological polar surface area (TPSA) is 48.4 Å². The second kappa shape index (κ2) is 11.7. The predicted molar refractivity (Wildman–Crippen MR) is 133 cm³/mol. The third-order valence-electron chi connectivity index (χ3n) is 5.01. The standard InChI is InChI=1S/C26H33NO3S/c1-8-12-20-21(9-2)31-26-19(16-11-15-18(5)14-10-13-17(3)4)23(28)25(30-7)24(29-6)22(26)27-20/h8-9,12-13,15H,1,10-11,14,16H2,2-7H3/b18-15+,20-12+,21-9+. The third kappa shape index (κ3) is 5.95. The van der Waals surface area contributed by atoms with E-state index in [1.54, 1.807) is 17.4 Å². The number of rotatable bonds is 9. The molecule has 0 N–H and O–H groups in total. The summed E-state index contributed by atoms with van der Waals surface area (Å²) in [4.78, 5) is 18.9. The van der Waals surface area contributed by atoms with Crippen LogP contribution in [0.2, 0.25) is 0 Å². The highest BCUT2D eigenvalue weighted by Gasteiger charge is 2.25. The van der Waals surface area contributed by atoms with E-state index >= 15 is 0 Å². The van der Waals surface area contributed by atoms with Crippen LogP contribution in [0.15, 0.2) is 40.7 Å². The van der Waals surface area contributed by atoms with Crippen molar-refractivity contribution in [2.24, 2.45) is 0 Å². The van der Waals surface area contributed by atoms with Crippen molar-refractivity contribution in [1.82, 2.24) is 4.98 Å². The molecule has 0 aromatic heterocycles. The maximum absolute atomic E-state index is 13.2. The molecule has 0 unspecified atom stereocenters. The van der Waals surface area contributed by atoms with E-state index in [1.165, 1.54) is 25.4 Å². The molecule has 0 bridgehead atoms. The molecule has 2 rings (SSSR count). The van der Waals surface area contributed by atoms with Crippen LogP contribution < -0.4 is 24.8 Å². The van der Waals surface area contributed by atoms with Crippen molar-refractivity contribution in [2.45, 2.75) is 53.4 Å². The van der Waals surface area contributed by atoms with Crippen molar-refractivity contribution < 1.29 is 9.47 Å². The molecule has 4 nitrogen and oxygen atoms in total. The zero-order valence-electron chi connectivity index (χ0n) is 19.5. The van der Waals surface area contributed by atoms with Gasteiger partial charge in [-0.05, 0) is 59.5 Å². The Balaban J connectivity index is 2.57. The lowest BCUT2D eigenvalue weighted by Crippen LogP contribution is -2.28. The van der Waals surface area contributed by atoms with E-state index in [0.29, 0.717) is 17.9 Å². The van der Waals surface area contributed by atoms with Gasteiger partial charge in [-0.15, -0.1) is 11.3 Å². The first kappa shape index (κ1) is 24.6. The highest BCUT2D eigenvalue weighted by molar-refractivity contribution is 7.13. The number of aromatic nitrogens is 1. The zero-order chi connectivity index (χ0) is 23.0. The molecule has 5 heteroatoms. The molecule has 1 aliphatic heterocycles. The Hall–Kier alpha value is -2.66. The first-order chi connectivity index (χ1) is 14.9. The van der Waals surface area contributed by atoms with Gasteiger partial charge in [-0.1, -0.05) is 42.0 Å². The largest absolute Gasteiger partial charge is 0.491 e. The minimum Gasteiger partial charge on any atom is -0.491 e. The molecule has 0 amide bonds. The minimum absolute atomic E-state index is 0.122. The van der Waals surface area contributed by atoms with Gasteiger partial charge in [0.25, 0.3) is 0 Å². The van der Waals surface area contributed by atoms with Gasteiger partial charge in [0.2, 0.25) is 11.2 Å². The van der Waals surface area contributed by atoms with Crippen molar-refractivity contribution in [2.75, 3.05) is 14.2 Å². The van der Waals surface area contributed by atoms with Gasteiger partial charge in [0.15, 0.2) is 5.75 Å². The summed E-state index contributed by atoms with van der Waals surface area (Å²) in [5.74, 6) is 0.601. The minimum atomic E-state index is -0.122. The normalized spacial score (nSPS) is 12.9. The molecule has 0 aromatic carbocycles. The van der Waals surface area contributed by atoms with Gasteiger partial charge in [0.05, 0.1) is 24.4 Å². The number of ether oxygens (including phenoxy) is 2. The van der Waals surface area contributed by atoms with Crippen LogP contribution in [-0.4, -0.2) is 19.2 Å². The molecular weight excluding hydrogens is 406 g/mol. The summed E-state index contributed by atoms with van der Waals surface area (Å²) in [7, 11) is 3.04. The Morgan fingerprint density at radius 2 is 1.81 bits per heavy atom. The molecule has 1 aliphatic carbocycles. The Labute approximate surface area is 189 Å². The van der Waals surface area contributed by atoms with E-state index in [1.807, 2.05) is 19.1 Å². The number of hydrogen-bond donors (Lipinski definition) is 0. The van der Waals surface area contributed by atoms with Crippen LogP contribution in [0.25, 0.3) is 22.7 Å². The Kier molecular flexibility index (Phi) is 9.25. The fourth-order valence-corrected chi connectivity index (χ4v) is 4.55. The fraction of sp³-hybridized carbons (Fsp3) is 0.385. The average Bonchev–Trinajstić information content (AvgIpc) is 2.74. The monoisotopic (exact) mass is 439 g/mol. The first-order valence-electron chi connectivity index (χ1n) is 10.5. The molecule has 0 spiro atoms. The summed E-state index contributed by atoms with van der Waals surface area (Å²) in [5.41, 5.74) is 3.94. The second-order valence-electron chi connectivity index (χ2n) is 7.62. The quantitative estimate of drug-likeness (QED) is 0.515. The van der Waals surface area contributed by atoms with Crippen LogP contribution in [0, 0.1) is 0 Å². The van der Waals surface area contributed by atoms with Crippen LogP contribution in [0.4, 0.5) is 0 Å². The van der Waals surface area contributed by atoms with Crippen LogP contribution in [0.5, 0.6) is 11.5 Å². The number of fused-ring (bicyclic) bond motifs is 1. The number of hydrogen-bond acceptors (Lipinski definition) is 5. The van der Waals surface area contributed by atoms with E-state index < -0.39 is 0 Å². The highest BCUT2D eigenvalue weighted by atomic mass is 32.1. The summed E-state index contributed by atoms with van der Waals surface area (Å²) in [5, 5.41) is 0.801. The molecular formula is C26H33NO3S. The molecule has 166 valence electrons. The van der Waals surface area contributed by atoms with Gasteiger partial charge in [-0.25, -0.2) is 4.98 Å². The van der Waals surface area contributed by atoms with Gasteiger partial charge in [0.1, 0.15) is 5.69 Å². The van der Waals surface area contributed by atoms with Crippen molar-refractivity contribution in [1.29, 1.82) is 0 Å². The molecule has 0 aromatic rings.